The van der Waals surface area contributed by atoms with Gasteiger partial charge in [0.2, 0.25) is 0 Å². The van der Waals surface area contributed by atoms with Gasteiger partial charge in [0.05, 0.1) is 13.2 Å². The number of carbonyl (C=O) groups is 3. The fourth-order valence-electron chi connectivity index (χ4n) is 3.03. The van der Waals surface area contributed by atoms with Crippen molar-refractivity contribution in [3.63, 3.8) is 0 Å². The van der Waals surface area contributed by atoms with Gasteiger partial charge in [-0.1, -0.05) is 58.1 Å². The first-order valence-electron chi connectivity index (χ1n) is 12.4. The van der Waals surface area contributed by atoms with E-state index in [-0.39, 0.29) is 52.3 Å². The second kappa shape index (κ2) is 18.3. The Hall–Kier alpha value is -2.01. The van der Waals surface area contributed by atoms with Gasteiger partial charge in [0, 0.05) is 27.5 Å². The van der Waals surface area contributed by atoms with E-state index in [1.807, 2.05) is 31.2 Å². The van der Waals surface area contributed by atoms with Crippen molar-refractivity contribution in [1.82, 2.24) is 5.32 Å². The second-order valence-electron chi connectivity index (χ2n) is 9.36. The van der Waals surface area contributed by atoms with Gasteiger partial charge in [-0.25, -0.2) is 4.79 Å². The van der Waals surface area contributed by atoms with E-state index in [1.165, 1.54) is 19.3 Å². The first-order valence-corrected chi connectivity index (χ1v) is 12.4. The van der Waals surface area contributed by atoms with Crippen molar-refractivity contribution >= 4 is 17.8 Å². The van der Waals surface area contributed by atoms with Gasteiger partial charge in [-0.15, -0.1) is 0 Å². The third-order valence-corrected chi connectivity index (χ3v) is 4.89. The first kappa shape index (κ1) is 33.0. The van der Waals surface area contributed by atoms with E-state index < -0.39 is 17.7 Å². The number of aryl methyl sites for hydroxylation is 1. The van der Waals surface area contributed by atoms with Gasteiger partial charge in [0.25, 0.3) is 0 Å². The smallest absolute Gasteiger partial charge is 0.381 e. The molecule has 0 saturated heterocycles. The summed E-state index contributed by atoms with van der Waals surface area (Å²) in [5.74, 6) is -0.0542. The van der Waals surface area contributed by atoms with Gasteiger partial charge in [-0.2, -0.15) is 6.04 Å². The summed E-state index contributed by atoms with van der Waals surface area (Å²) < 4.78 is 16.2. The number of Topliss-reactive ketones (excluding diaryl/α,β-unsaturated/α-hetero) is 1. The molecule has 35 heavy (non-hydrogen) atoms. The molecular formula is C27H42NO6W-. The Labute approximate surface area is 225 Å². The zero-order valence-corrected chi connectivity index (χ0v) is 24.9. The maximum Gasteiger partial charge on any atom is 0.381 e. The molecule has 8 heteroatoms. The number of hydrogen-bond donors (Lipinski definition) is 1. The van der Waals surface area contributed by atoms with E-state index in [0.717, 1.165) is 24.2 Å². The van der Waals surface area contributed by atoms with Gasteiger partial charge in [-0.3, -0.25) is 4.79 Å². The molecule has 1 rings (SSSR count). The molecule has 1 N–H and O–H groups in total. The van der Waals surface area contributed by atoms with Crippen LogP contribution in [0.15, 0.2) is 24.3 Å². The van der Waals surface area contributed by atoms with Gasteiger partial charge in [-0.05, 0) is 57.7 Å². The molecule has 7 nitrogen and oxygen atoms in total. The van der Waals surface area contributed by atoms with Gasteiger partial charge >= 0.3 is 6.09 Å². The molecule has 1 amide bonds. The number of amides is 1. The van der Waals surface area contributed by atoms with Crippen molar-refractivity contribution in [3.05, 3.63) is 35.9 Å². The van der Waals surface area contributed by atoms with Crippen LogP contribution in [-0.4, -0.2) is 36.7 Å². The zero-order valence-electron chi connectivity index (χ0n) is 21.9. The van der Waals surface area contributed by atoms with Crippen LogP contribution < -0.4 is 10.1 Å². The predicted octanol–water partition coefficient (Wildman–Crippen LogP) is 5.93. The van der Waals surface area contributed by atoms with Crippen molar-refractivity contribution in [2.24, 2.45) is 0 Å². The summed E-state index contributed by atoms with van der Waals surface area (Å²) in [5, 5.41) is 2.41. The fraction of sp³-hybridized carbons (Fsp3) is 0.630. The monoisotopic (exact) mass is 660 g/mol. The van der Waals surface area contributed by atoms with Crippen LogP contribution in [0.2, 0.25) is 0 Å². The topological polar surface area (TPSA) is 90.9 Å². The molecule has 0 spiro atoms. The number of benzene rings is 1. The van der Waals surface area contributed by atoms with E-state index >= 15 is 0 Å². The normalized spacial score (nSPS) is 10.7. The molecule has 0 bridgehead atoms. The molecule has 0 aromatic heterocycles. The molecule has 1 aromatic carbocycles. The van der Waals surface area contributed by atoms with Gasteiger partial charge in [0.15, 0.2) is 5.97 Å². The van der Waals surface area contributed by atoms with Crippen molar-refractivity contribution in [3.8, 4) is 5.75 Å². The van der Waals surface area contributed by atoms with Crippen LogP contribution >= 0.6 is 0 Å². The third kappa shape index (κ3) is 16.3. The van der Waals surface area contributed by atoms with Crippen LogP contribution in [0.3, 0.4) is 0 Å². The molecule has 198 valence electrons. The standard InChI is InChI=1S/C27H42NO6.W/c1-6-8-10-11-19-32-23-16-13-21(14-17-23)12-15-22(29)20-24(25(30)33-18-9-7-2)28-26(31)34-27(3,4)5;/h13-14,16-17H,6-12,15,18-20H2,1-5H3,(H,28,31);/q-1;. The molecule has 0 saturated carbocycles. The number of rotatable bonds is 16. The number of carbonyl (C=O) groups excluding carboxylic acids is 3. The molecule has 0 fully saturated rings. The second-order valence-corrected chi connectivity index (χ2v) is 9.36. The summed E-state index contributed by atoms with van der Waals surface area (Å²) in [5.41, 5.74) is 0.273. The van der Waals surface area contributed by atoms with E-state index in [0.29, 0.717) is 19.4 Å². The number of alkyl carbamates (subject to hydrolysis) is 1. The van der Waals surface area contributed by atoms with E-state index in [1.54, 1.807) is 20.8 Å². The Kier molecular flexibility index (Phi) is 17.2. The van der Waals surface area contributed by atoms with E-state index in [2.05, 4.69) is 12.2 Å². The summed E-state index contributed by atoms with van der Waals surface area (Å²) in [7, 11) is 0. The summed E-state index contributed by atoms with van der Waals surface area (Å²) in [4.78, 5) is 37.1. The molecule has 0 aliphatic heterocycles. The minimum atomic E-state index is -0.784. The minimum Gasteiger partial charge on any atom is -0.494 e. The number of ether oxygens (including phenoxy) is 3. The predicted molar refractivity (Wildman–Crippen MR) is 133 cm³/mol. The SMILES string of the molecule is CCCCCCOc1ccc(CCC(=O)C[C-](NC(=O)OC(C)(C)C)C(=O)OCCCC)cc1.[W]. The van der Waals surface area contributed by atoms with Gasteiger partial charge in [0.1, 0.15) is 17.1 Å². The summed E-state index contributed by atoms with van der Waals surface area (Å²) >= 11 is 0. The van der Waals surface area contributed by atoms with E-state index in [9.17, 15) is 14.4 Å². The Morgan fingerprint density at radius 1 is 0.914 bits per heavy atom. The molecule has 0 aliphatic rings. The summed E-state index contributed by atoms with van der Waals surface area (Å²) in [6, 6.07) is 7.61. The van der Waals surface area contributed by atoms with Crippen molar-refractivity contribution in [2.45, 2.75) is 98.0 Å². The average molecular weight is 660 g/mol. The van der Waals surface area contributed by atoms with Crippen LogP contribution in [0.1, 0.15) is 91.5 Å². The third-order valence-electron chi connectivity index (χ3n) is 4.89. The van der Waals surface area contributed by atoms with Crippen LogP contribution in [0.5, 0.6) is 5.75 Å². The minimum absolute atomic E-state index is 0. The van der Waals surface area contributed by atoms with Crippen LogP contribution in [0.4, 0.5) is 4.79 Å². The maximum atomic E-state index is 12.6. The largest absolute Gasteiger partial charge is 0.494 e. The number of esters is 1. The van der Waals surface area contributed by atoms with E-state index in [4.69, 9.17) is 14.2 Å². The van der Waals surface area contributed by atoms with Crippen LogP contribution in [0.25, 0.3) is 0 Å². The quantitative estimate of drug-likeness (QED) is 0.134. The fourth-order valence-corrected chi connectivity index (χ4v) is 3.03. The van der Waals surface area contributed by atoms with Crippen LogP contribution in [0, 0.1) is 6.04 Å². The Balaban J connectivity index is 0.0000116. The average Bonchev–Trinajstić information content (AvgIpc) is 2.76. The number of unbranched alkanes of at least 4 members (excludes halogenated alkanes) is 4. The molecule has 0 heterocycles. The van der Waals surface area contributed by atoms with Gasteiger partial charge < -0.3 is 24.3 Å². The number of hydrogen-bond acceptors (Lipinski definition) is 6. The zero-order chi connectivity index (χ0) is 25.4. The van der Waals surface area contributed by atoms with Crippen LogP contribution in [-0.2, 0) is 46.5 Å². The Bertz CT molecular complexity index is 745. The summed E-state index contributed by atoms with van der Waals surface area (Å²) in [6.45, 7) is 10.3. The van der Waals surface area contributed by atoms with Crippen molar-refractivity contribution in [1.29, 1.82) is 0 Å². The maximum absolute atomic E-state index is 12.6. The molecule has 0 atom stereocenters. The number of nitrogens with one attached hydrogen (secondary N) is 1. The number of ketones is 1. The molecular weight excluding hydrogens is 618 g/mol. The molecule has 0 aliphatic carbocycles. The summed E-state index contributed by atoms with van der Waals surface area (Å²) in [6.07, 6.45) is 5.96. The Morgan fingerprint density at radius 2 is 1.57 bits per heavy atom. The van der Waals surface area contributed by atoms with Crippen molar-refractivity contribution in [2.75, 3.05) is 13.2 Å². The molecule has 0 unspecified atom stereocenters. The molecule has 0 radical (unpaired) electrons. The molecule has 1 aromatic rings. The Morgan fingerprint density at radius 3 is 2.17 bits per heavy atom. The van der Waals surface area contributed by atoms with Crippen molar-refractivity contribution < 1.29 is 49.7 Å². The first-order chi connectivity index (χ1) is 16.1.